The van der Waals surface area contributed by atoms with Gasteiger partial charge in [0.25, 0.3) is 0 Å². The fourth-order valence-electron chi connectivity index (χ4n) is 6.54. The van der Waals surface area contributed by atoms with Gasteiger partial charge in [-0.1, -0.05) is 129 Å². The number of hydrogen-bond donors (Lipinski definition) is 0. The van der Waals surface area contributed by atoms with Crippen molar-refractivity contribution >= 4 is 11.9 Å². The summed E-state index contributed by atoms with van der Waals surface area (Å²) in [6.07, 6.45) is 34.7. The summed E-state index contributed by atoms with van der Waals surface area (Å²) in [6, 6.07) is 0. The zero-order valence-electron chi connectivity index (χ0n) is 29.3. The lowest BCUT2D eigenvalue weighted by Gasteiger charge is -2.18. The standard InChI is InChI=1S/C38H73NO4/c1-5-6-7-8-11-17-22-28-36(43-38(41)31-25-32-39(2)3)29-23-18-13-10-9-12-15-20-26-34-33-35(34)27-21-16-14-19-24-30-37(40)42-4/h34-36H,5-33H2,1-4H3. The van der Waals surface area contributed by atoms with Crippen molar-refractivity contribution in [3.8, 4) is 0 Å². The maximum absolute atomic E-state index is 12.4. The van der Waals surface area contributed by atoms with Crippen molar-refractivity contribution in [2.75, 3.05) is 27.7 Å². The third-order valence-corrected chi connectivity index (χ3v) is 9.52. The average Bonchev–Trinajstić information content (AvgIpc) is 3.74. The molecular weight excluding hydrogens is 534 g/mol. The Kier molecular flexibility index (Phi) is 26.3. The summed E-state index contributed by atoms with van der Waals surface area (Å²) in [5.41, 5.74) is 0. The van der Waals surface area contributed by atoms with Gasteiger partial charge in [0.05, 0.1) is 7.11 Å². The van der Waals surface area contributed by atoms with Crippen LogP contribution in [0.3, 0.4) is 0 Å². The lowest BCUT2D eigenvalue weighted by Crippen LogP contribution is -2.20. The molecule has 0 radical (unpaired) electrons. The van der Waals surface area contributed by atoms with Gasteiger partial charge in [-0.25, -0.2) is 0 Å². The molecule has 5 heteroatoms. The third-order valence-electron chi connectivity index (χ3n) is 9.52. The van der Waals surface area contributed by atoms with E-state index in [0.717, 1.165) is 50.5 Å². The summed E-state index contributed by atoms with van der Waals surface area (Å²) >= 11 is 0. The second-order valence-corrected chi connectivity index (χ2v) is 14.0. The topological polar surface area (TPSA) is 55.8 Å². The third kappa shape index (κ3) is 25.9. The summed E-state index contributed by atoms with van der Waals surface area (Å²) < 4.78 is 10.7. The molecule has 1 saturated carbocycles. The van der Waals surface area contributed by atoms with Gasteiger partial charge in [0.15, 0.2) is 0 Å². The van der Waals surface area contributed by atoms with Crippen LogP contribution < -0.4 is 0 Å². The fraction of sp³-hybridized carbons (Fsp3) is 0.947. The van der Waals surface area contributed by atoms with Crippen molar-refractivity contribution in [3.63, 3.8) is 0 Å². The number of ether oxygens (including phenoxy) is 2. The van der Waals surface area contributed by atoms with E-state index in [1.807, 2.05) is 0 Å². The number of rotatable bonds is 32. The van der Waals surface area contributed by atoms with Crippen molar-refractivity contribution in [1.29, 1.82) is 0 Å². The SMILES string of the molecule is CCCCCCCCCC(CCCCCCCCCCC1CC1CCCCCCCC(=O)OC)OC(=O)CCCN(C)C. The van der Waals surface area contributed by atoms with Crippen LogP contribution in [0.2, 0.25) is 0 Å². The first-order valence-corrected chi connectivity index (χ1v) is 18.9. The molecule has 0 aromatic heterocycles. The van der Waals surface area contributed by atoms with E-state index in [0.29, 0.717) is 12.8 Å². The van der Waals surface area contributed by atoms with E-state index in [2.05, 4.69) is 25.9 Å². The number of methoxy groups -OCH3 is 1. The van der Waals surface area contributed by atoms with Crippen LogP contribution >= 0.6 is 0 Å². The van der Waals surface area contributed by atoms with E-state index >= 15 is 0 Å². The van der Waals surface area contributed by atoms with Gasteiger partial charge in [0, 0.05) is 12.8 Å². The van der Waals surface area contributed by atoms with Gasteiger partial charge < -0.3 is 14.4 Å². The highest BCUT2D eigenvalue weighted by atomic mass is 16.5. The van der Waals surface area contributed by atoms with Crippen LogP contribution in [0.15, 0.2) is 0 Å². The van der Waals surface area contributed by atoms with E-state index in [-0.39, 0.29) is 18.0 Å². The van der Waals surface area contributed by atoms with E-state index < -0.39 is 0 Å². The second-order valence-electron chi connectivity index (χ2n) is 14.0. The van der Waals surface area contributed by atoms with Gasteiger partial charge in [-0.15, -0.1) is 0 Å². The maximum atomic E-state index is 12.4. The van der Waals surface area contributed by atoms with Crippen LogP contribution in [0.4, 0.5) is 0 Å². The zero-order valence-corrected chi connectivity index (χ0v) is 29.3. The normalized spacial score (nSPS) is 16.9. The molecule has 0 spiro atoms. The van der Waals surface area contributed by atoms with Crippen LogP contribution in [0, 0.1) is 11.8 Å². The fourth-order valence-corrected chi connectivity index (χ4v) is 6.54. The van der Waals surface area contributed by atoms with Crippen LogP contribution in [0.5, 0.6) is 0 Å². The quantitative estimate of drug-likeness (QED) is 0.0562. The Hall–Kier alpha value is -1.10. The van der Waals surface area contributed by atoms with Crippen LogP contribution in [0.1, 0.15) is 187 Å². The predicted octanol–water partition coefficient (Wildman–Crippen LogP) is 10.8. The molecule has 1 aliphatic rings. The van der Waals surface area contributed by atoms with Gasteiger partial charge >= 0.3 is 11.9 Å². The molecule has 0 aromatic carbocycles. The largest absolute Gasteiger partial charge is 0.469 e. The monoisotopic (exact) mass is 608 g/mol. The summed E-state index contributed by atoms with van der Waals surface area (Å²) in [5, 5.41) is 0. The molecule has 0 N–H and O–H groups in total. The molecule has 1 aliphatic carbocycles. The van der Waals surface area contributed by atoms with Crippen molar-refractivity contribution in [1.82, 2.24) is 4.90 Å². The van der Waals surface area contributed by atoms with Crippen molar-refractivity contribution in [2.45, 2.75) is 193 Å². The summed E-state index contributed by atoms with van der Waals surface area (Å²) in [4.78, 5) is 25.7. The van der Waals surface area contributed by atoms with Gasteiger partial charge in [-0.05, 0) is 77.4 Å². The first kappa shape index (κ1) is 39.9. The molecule has 0 bridgehead atoms. The molecule has 0 saturated heterocycles. The van der Waals surface area contributed by atoms with Crippen molar-refractivity contribution in [3.05, 3.63) is 0 Å². The van der Waals surface area contributed by atoms with Crippen LogP contribution in [-0.4, -0.2) is 50.7 Å². The Morgan fingerprint density at radius 1 is 0.605 bits per heavy atom. The Morgan fingerprint density at radius 2 is 1.05 bits per heavy atom. The Balaban J connectivity index is 2.00. The first-order chi connectivity index (χ1) is 21.0. The lowest BCUT2D eigenvalue weighted by atomic mass is 10.0. The van der Waals surface area contributed by atoms with Crippen molar-refractivity contribution in [2.24, 2.45) is 11.8 Å². The van der Waals surface area contributed by atoms with Crippen molar-refractivity contribution < 1.29 is 19.1 Å². The second kappa shape index (κ2) is 28.4. The number of esters is 2. The summed E-state index contributed by atoms with van der Waals surface area (Å²) in [7, 11) is 5.59. The Labute approximate surface area is 268 Å². The predicted molar refractivity (Wildman–Crippen MR) is 182 cm³/mol. The van der Waals surface area contributed by atoms with E-state index in [1.54, 1.807) is 0 Å². The van der Waals surface area contributed by atoms with Gasteiger partial charge in [0.2, 0.25) is 0 Å². The number of hydrogen-bond acceptors (Lipinski definition) is 5. The molecule has 254 valence electrons. The minimum absolute atomic E-state index is 0.0105. The van der Waals surface area contributed by atoms with Crippen LogP contribution in [-0.2, 0) is 19.1 Å². The number of carbonyl (C=O) groups excluding carboxylic acids is 2. The lowest BCUT2D eigenvalue weighted by molar-refractivity contribution is -0.150. The Morgan fingerprint density at radius 3 is 1.53 bits per heavy atom. The highest BCUT2D eigenvalue weighted by molar-refractivity contribution is 5.69. The summed E-state index contributed by atoms with van der Waals surface area (Å²) in [5.74, 6) is 1.98. The molecule has 1 rings (SSSR count). The number of unbranched alkanes of at least 4 members (excludes halogenated alkanes) is 17. The highest BCUT2D eigenvalue weighted by Crippen LogP contribution is 2.45. The zero-order chi connectivity index (χ0) is 31.4. The first-order valence-electron chi connectivity index (χ1n) is 18.9. The van der Waals surface area contributed by atoms with Gasteiger partial charge in [0.1, 0.15) is 6.10 Å². The minimum atomic E-state index is -0.0684. The molecular formula is C38H73NO4. The van der Waals surface area contributed by atoms with E-state index in [4.69, 9.17) is 9.47 Å². The minimum Gasteiger partial charge on any atom is -0.469 e. The smallest absolute Gasteiger partial charge is 0.306 e. The number of nitrogens with zero attached hydrogens (tertiary/aromatic N) is 1. The molecule has 5 nitrogen and oxygen atoms in total. The van der Waals surface area contributed by atoms with Gasteiger partial charge in [-0.2, -0.15) is 0 Å². The van der Waals surface area contributed by atoms with Gasteiger partial charge in [-0.3, -0.25) is 9.59 Å². The average molecular weight is 608 g/mol. The molecule has 0 heterocycles. The Bertz CT molecular complexity index is 652. The maximum Gasteiger partial charge on any atom is 0.306 e. The van der Waals surface area contributed by atoms with E-state index in [9.17, 15) is 9.59 Å². The molecule has 0 aromatic rings. The highest BCUT2D eigenvalue weighted by Gasteiger charge is 2.35. The molecule has 43 heavy (non-hydrogen) atoms. The molecule has 1 fully saturated rings. The molecule has 0 aliphatic heterocycles. The van der Waals surface area contributed by atoms with E-state index in [1.165, 1.54) is 142 Å². The summed E-state index contributed by atoms with van der Waals surface area (Å²) in [6.45, 7) is 3.22. The number of carbonyl (C=O) groups is 2. The molecule has 0 amide bonds. The molecule has 3 atom stereocenters. The molecule has 3 unspecified atom stereocenters. The van der Waals surface area contributed by atoms with Crippen LogP contribution in [0.25, 0.3) is 0 Å².